The molecule has 5 aromatic rings. The Morgan fingerprint density at radius 1 is 0.643 bits per heavy atom. The molecule has 210 valence electrons. The second kappa shape index (κ2) is 12.7. The van der Waals surface area contributed by atoms with Gasteiger partial charge in [0.25, 0.3) is 0 Å². The van der Waals surface area contributed by atoms with Gasteiger partial charge in [-0.2, -0.15) is 6.08 Å². The summed E-state index contributed by atoms with van der Waals surface area (Å²) in [5.41, 5.74) is 8.16. The van der Waals surface area contributed by atoms with Crippen LogP contribution in [0.5, 0.6) is 0 Å². The predicted octanol–water partition coefficient (Wildman–Crippen LogP) is 11.4. The molecule has 2 aliphatic rings. The van der Waals surface area contributed by atoms with E-state index in [2.05, 4.69) is 145 Å². The summed E-state index contributed by atoms with van der Waals surface area (Å²) in [6.07, 6.45) is 12.9. The third kappa shape index (κ3) is 7.30. The molecule has 0 radical (unpaired) electrons. The van der Waals surface area contributed by atoms with E-state index in [1.807, 2.05) is 12.2 Å². The minimum absolute atomic E-state index is 0.0554. The SMILES string of the molecule is CC(C)(C)c1cc2c(cc1-c1ccccc1)[cH-]c1cc(-c3ccccc3)c(C(C)(C)C)cc12.[C-]1=CC=CC1.[Zr+2]=[C]1CC1. The van der Waals surface area contributed by atoms with E-state index in [1.54, 1.807) is 27.4 Å². The van der Waals surface area contributed by atoms with Gasteiger partial charge in [-0.05, 0) is 44.2 Å². The van der Waals surface area contributed by atoms with E-state index >= 15 is 0 Å². The Hall–Kier alpha value is -3.02. The molecule has 0 aromatic heterocycles. The Bertz CT molecular complexity index is 1620. The zero-order valence-corrected chi connectivity index (χ0v) is 28.5. The molecule has 0 N–H and O–H groups in total. The summed E-state index contributed by atoms with van der Waals surface area (Å²) in [5, 5.41) is 5.36. The van der Waals surface area contributed by atoms with Gasteiger partial charge in [-0.3, -0.25) is 6.08 Å². The van der Waals surface area contributed by atoms with Crippen LogP contribution in [0.4, 0.5) is 0 Å². The van der Waals surface area contributed by atoms with Crippen molar-refractivity contribution in [3.8, 4) is 22.3 Å². The first-order valence-corrected chi connectivity index (χ1v) is 16.4. The first kappa shape index (κ1) is 30.4. The quantitative estimate of drug-likeness (QED) is 0.171. The standard InChI is InChI=1S/C33H33.C5H5.C3H4.Zr/c1-32(2,3)30-20-26-24(18-28(30)22-13-9-7-10-14-22)17-25-19-29(23-15-11-8-12-16-23)31(21-27(25)26)33(4,5)6;1-2-4-5-3-1;1-2-3-1;/h7-21H,1-6H3;1-3H,4H2;1-2H2;/q2*-1;;+2. The molecular weight excluding hydrogens is 584 g/mol. The summed E-state index contributed by atoms with van der Waals surface area (Å²) < 4.78 is 1.76. The molecule has 0 bridgehead atoms. The van der Waals surface area contributed by atoms with E-state index in [-0.39, 0.29) is 10.8 Å². The summed E-state index contributed by atoms with van der Waals surface area (Å²) >= 11 is 1.66. The topological polar surface area (TPSA) is 0 Å². The molecule has 0 atom stereocenters. The third-order valence-electron chi connectivity index (χ3n) is 7.85. The van der Waals surface area contributed by atoms with Crippen molar-refractivity contribution in [1.29, 1.82) is 0 Å². The van der Waals surface area contributed by atoms with Crippen LogP contribution < -0.4 is 0 Å². The second-order valence-corrected chi connectivity index (χ2v) is 15.2. The fourth-order valence-electron chi connectivity index (χ4n) is 5.46. The normalized spacial score (nSPS) is 14.0. The van der Waals surface area contributed by atoms with Gasteiger partial charge in [0.1, 0.15) is 0 Å². The van der Waals surface area contributed by atoms with Crippen molar-refractivity contribution in [1.82, 2.24) is 0 Å². The fraction of sp³-hybridized carbons (Fsp3) is 0.268. The van der Waals surface area contributed by atoms with Crippen molar-refractivity contribution >= 4 is 24.8 Å². The molecule has 0 saturated heterocycles. The molecule has 0 heterocycles. The van der Waals surface area contributed by atoms with Crippen molar-refractivity contribution in [2.75, 3.05) is 0 Å². The molecule has 1 saturated carbocycles. The average Bonchev–Trinajstić information content (AvgIpc) is 3.39. The van der Waals surface area contributed by atoms with E-state index in [9.17, 15) is 0 Å². The molecule has 0 amide bonds. The van der Waals surface area contributed by atoms with Gasteiger partial charge in [-0.15, -0.1) is 46.2 Å². The van der Waals surface area contributed by atoms with Gasteiger partial charge < -0.3 is 0 Å². The van der Waals surface area contributed by atoms with E-state index in [0.29, 0.717) is 0 Å². The van der Waals surface area contributed by atoms with Gasteiger partial charge in [0.2, 0.25) is 0 Å². The Morgan fingerprint density at radius 2 is 1.07 bits per heavy atom. The summed E-state index contributed by atoms with van der Waals surface area (Å²) in [6.45, 7) is 13.9. The molecule has 0 aliphatic heterocycles. The molecule has 1 heteroatoms. The molecule has 0 spiro atoms. The number of allylic oxidation sites excluding steroid dienone is 4. The maximum atomic E-state index is 2.99. The van der Waals surface area contributed by atoms with Gasteiger partial charge in [0.05, 0.1) is 0 Å². The van der Waals surface area contributed by atoms with Crippen molar-refractivity contribution in [2.45, 2.75) is 71.6 Å². The van der Waals surface area contributed by atoms with Crippen molar-refractivity contribution in [2.24, 2.45) is 0 Å². The monoisotopic (exact) mass is 624 g/mol. The molecule has 1 fully saturated rings. The van der Waals surface area contributed by atoms with E-state index in [4.69, 9.17) is 0 Å². The second-order valence-electron chi connectivity index (χ2n) is 13.5. The zero-order valence-electron chi connectivity index (χ0n) is 26.0. The molecule has 7 rings (SSSR count). The van der Waals surface area contributed by atoms with Crippen molar-refractivity contribution < 1.29 is 24.2 Å². The van der Waals surface area contributed by atoms with Crippen LogP contribution in [-0.4, -0.2) is 3.21 Å². The zero-order chi connectivity index (χ0) is 29.9. The molecule has 0 nitrogen and oxygen atoms in total. The number of fused-ring (bicyclic) bond motifs is 3. The molecule has 5 aromatic carbocycles. The Kier molecular flexibility index (Phi) is 9.20. The van der Waals surface area contributed by atoms with Gasteiger partial charge in [-0.1, -0.05) is 114 Å². The Labute approximate surface area is 267 Å². The van der Waals surface area contributed by atoms with E-state index in [0.717, 1.165) is 6.42 Å². The van der Waals surface area contributed by atoms with Crippen LogP contribution >= 0.6 is 0 Å². The van der Waals surface area contributed by atoms with Gasteiger partial charge >= 0.3 is 40.3 Å². The Balaban J connectivity index is 0.000000334. The van der Waals surface area contributed by atoms with Crippen molar-refractivity contribution in [3.63, 3.8) is 0 Å². The van der Waals surface area contributed by atoms with Crippen LogP contribution in [0, 0.1) is 6.08 Å². The van der Waals surface area contributed by atoms with Gasteiger partial charge in [0.15, 0.2) is 0 Å². The first-order chi connectivity index (χ1) is 20.0. The summed E-state index contributed by atoms with van der Waals surface area (Å²) in [4.78, 5) is 0. The summed E-state index contributed by atoms with van der Waals surface area (Å²) in [7, 11) is 0. The number of benzene rings is 4. The fourth-order valence-corrected chi connectivity index (χ4v) is 5.77. The average molecular weight is 626 g/mol. The molecule has 42 heavy (non-hydrogen) atoms. The van der Waals surface area contributed by atoms with Gasteiger partial charge in [-0.25, -0.2) is 12.2 Å². The molecular formula is C41H42Zr. The minimum atomic E-state index is 0.0554. The summed E-state index contributed by atoms with van der Waals surface area (Å²) in [6, 6.07) is 33.7. The van der Waals surface area contributed by atoms with Crippen LogP contribution in [0.3, 0.4) is 0 Å². The van der Waals surface area contributed by atoms with Crippen molar-refractivity contribution in [3.05, 3.63) is 126 Å². The number of hydrogen-bond acceptors (Lipinski definition) is 0. The van der Waals surface area contributed by atoms with Crippen LogP contribution in [0.15, 0.2) is 109 Å². The number of hydrogen-bond donors (Lipinski definition) is 0. The third-order valence-corrected chi connectivity index (χ3v) is 9.08. The first-order valence-electron chi connectivity index (χ1n) is 15.1. The van der Waals surface area contributed by atoms with E-state index < -0.39 is 0 Å². The van der Waals surface area contributed by atoms with Crippen LogP contribution in [0.2, 0.25) is 0 Å². The molecule has 2 aliphatic carbocycles. The van der Waals surface area contributed by atoms with Crippen LogP contribution in [0.25, 0.3) is 43.8 Å². The van der Waals surface area contributed by atoms with Crippen LogP contribution in [0.1, 0.15) is 71.9 Å². The maximum absolute atomic E-state index is 2.99. The van der Waals surface area contributed by atoms with Crippen LogP contribution in [-0.2, 0) is 35.1 Å². The van der Waals surface area contributed by atoms with E-state index in [1.165, 1.54) is 67.8 Å². The summed E-state index contributed by atoms with van der Waals surface area (Å²) in [5.74, 6) is 0. The predicted molar refractivity (Wildman–Crippen MR) is 181 cm³/mol. The number of rotatable bonds is 2. The Morgan fingerprint density at radius 3 is 1.36 bits per heavy atom. The molecule has 0 unspecified atom stereocenters. The van der Waals surface area contributed by atoms with Gasteiger partial charge in [0, 0.05) is 0 Å².